The number of nitrogens with one attached hydrogen (secondary N) is 1. The van der Waals surface area contributed by atoms with E-state index in [2.05, 4.69) is 5.32 Å². The maximum Gasteiger partial charge on any atom is 0.290 e. The maximum atomic E-state index is 11.8. The van der Waals surface area contributed by atoms with Crippen molar-refractivity contribution in [3.63, 3.8) is 0 Å². The lowest BCUT2D eigenvalue weighted by atomic mass is 10.1. The van der Waals surface area contributed by atoms with Gasteiger partial charge in [-0.15, -0.1) is 0 Å². The lowest BCUT2D eigenvalue weighted by Gasteiger charge is -2.14. The van der Waals surface area contributed by atoms with Crippen molar-refractivity contribution in [2.75, 3.05) is 27.4 Å². The zero-order chi connectivity index (χ0) is 20.6. The van der Waals surface area contributed by atoms with Crippen molar-refractivity contribution < 1.29 is 28.5 Å². The van der Waals surface area contributed by atoms with Crippen molar-refractivity contribution in [3.8, 4) is 23.0 Å². The van der Waals surface area contributed by atoms with Gasteiger partial charge in [0.2, 0.25) is 0 Å². The van der Waals surface area contributed by atoms with Crippen LogP contribution >= 0.6 is 11.8 Å². The quantitative estimate of drug-likeness (QED) is 0.492. The van der Waals surface area contributed by atoms with E-state index in [1.807, 2.05) is 24.3 Å². The molecule has 8 heteroatoms. The van der Waals surface area contributed by atoms with E-state index in [1.54, 1.807) is 38.5 Å². The number of carbonyl (C=O) groups excluding carboxylic acids is 2. The van der Waals surface area contributed by atoms with Crippen LogP contribution in [0.3, 0.4) is 0 Å². The molecule has 1 aliphatic heterocycles. The smallest absolute Gasteiger partial charge is 0.290 e. The first-order valence-corrected chi connectivity index (χ1v) is 9.74. The SMILES string of the molecule is COc1cccc(OCCCOc2c(/C=C3\SC(=O)NC3=O)cccc2OC)c1. The summed E-state index contributed by atoms with van der Waals surface area (Å²) in [6, 6.07) is 12.8. The topological polar surface area (TPSA) is 83.1 Å². The van der Waals surface area contributed by atoms with Gasteiger partial charge in [-0.2, -0.15) is 0 Å². The van der Waals surface area contributed by atoms with Crippen LogP contribution in [0.1, 0.15) is 12.0 Å². The van der Waals surface area contributed by atoms with Gasteiger partial charge >= 0.3 is 0 Å². The lowest BCUT2D eigenvalue weighted by molar-refractivity contribution is -0.115. The van der Waals surface area contributed by atoms with Gasteiger partial charge in [0.1, 0.15) is 11.5 Å². The van der Waals surface area contributed by atoms with Crippen LogP contribution < -0.4 is 24.3 Å². The molecular formula is C21H21NO6S. The van der Waals surface area contributed by atoms with Gasteiger partial charge in [0.25, 0.3) is 11.1 Å². The zero-order valence-corrected chi connectivity index (χ0v) is 16.9. The number of methoxy groups -OCH3 is 2. The molecule has 0 spiro atoms. The molecule has 1 saturated heterocycles. The van der Waals surface area contributed by atoms with Crippen LogP contribution in [0.2, 0.25) is 0 Å². The summed E-state index contributed by atoms with van der Waals surface area (Å²) in [7, 11) is 3.16. The van der Waals surface area contributed by atoms with Crippen molar-refractivity contribution in [1.29, 1.82) is 0 Å². The largest absolute Gasteiger partial charge is 0.497 e. The minimum absolute atomic E-state index is 0.314. The van der Waals surface area contributed by atoms with Crippen LogP contribution in [-0.4, -0.2) is 38.6 Å². The van der Waals surface area contributed by atoms with Gasteiger partial charge in [0.15, 0.2) is 11.5 Å². The molecule has 0 radical (unpaired) electrons. The molecule has 2 aromatic carbocycles. The number of carbonyl (C=O) groups is 2. The Bertz CT molecular complexity index is 927. The summed E-state index contributed by atoms with van der Waals surface area (Å²) in [6.45, 7) is 0.851. The first-order chi connectivity index (χ1) is 14.1. The van der Waals surface area contributed by atoms with E-state index in [0.29, 0.717) is 41.6 Å². The maximum absolute atomic E-state index is 11.8. The molecule has 0 aliphatic carbocycles. The summed E-state index contributed by atoms with van der Waals surface area (Å²) in [5.74, 6) is 2.10. The number of ether oxygens (including phenoxy) is 4. The third kappa shape index (κ3) is 5.45. The van der Waals surface area contributed by atoms with Crippen LogP contribution in [0.15, 0.2) is 47.4 Å². The minimum atomic E-state index is -0.416. The molecule has 0 bridgehead atoms. The molecule has 3 rings (SSSR count). The number of para-hydroxylation sites is 1. The lowest BCUT2D eigenvalue weighted by Crippen LogP contribution is -2.17. The van der Waals surface area contributed by atoms with Gasteiger partial charge in [-0.05, 0) is 36.0 Å². The highest BCUT2D eigenvalue weighted by Crippen LogP contribution is 2.35. The Morgan fingerprint density at radius 3 is 2.45 bits per heavy atom. The Morgan fingerprint density at radius 2 is 1.72 bits per heavy atom. The highest BCUT2D eigenvalue weighted by Gasteiger charge is 2.25. The second-order valence-electron chi connectivity index (χ2n) is 5.96. The molecule has 29 heavy (non-hydrogen) atoms. The highest BCUT2D eigenvalue weighted by atomic mass is 32.2. The molecule has 2 amide bonds. The van der Waals surface area contributed by atoms with Crippen LogP contribution in [0.25, 0.3) is 6.08 Å². The summed E-state index contributed by atoms with van der Waals surface area (Å²) in [6.07, 6.45) is 2.26. The first kappa shape index (κ1) is 20.6. The van der Waals surface area contributed by atoms with Gasteiger partial charge in [-0.25, -0.2) is 0 Å². The second-order valence-corrected chi connectivity index (χ2v) is 6.98. The van der Waals surface area contributed by atoms with Crippen LogP contribution in [-0.2, 0) is 4.79 Å². The van der Waals surface area contributed by atoms with E-state index >= 15 is 0 Å². The predicted molar refractivity (Wildman–Crippen MR) is 111 cm³/mol. The van der Waals surface area contributed by atoms with E-state index in [0.717, 1.165) is 23.3 Å². The van der Waals surface area contributed by atoms with E-state index in [4.69, 9.17) is 18.9 Å². The molecule has 7 nitrogen and oxygen atoms in total. The Balaban J connectivity index is 1.61. The number of hydrogen-bond donors (Lipinski definition) is 1. The van der Waals surface area contributed by atoms with Crippen LogP contribution in [0.4, 0.5) is 4.79 Å². The van der Waals surface area contributed by atoms with Crippen molar-refractivity contribution >= 4 is 29.0 Å². The fraction of sp³-hybridized carbons (Fsp3) is 0.238. The third-order valence-corrected chi connectivity index (χ3v) is 4.81. The molecule has 0 saturated carbocycles. The minimum Gasteiger partial charge on any atom is -0.497 e. The Kier molecular flexibility index (Phi) is 7.02. The normalized spacial score (nSPS) is 14.6. The molecule has 0 atom stereocenters. The number of thioether (sulfide) groups is 1. The standard InChI is InChI=1S/C21H21NO6S/c1-25-15-7-4-8-16(13-15)27-10-5-11-28-19-14(6-3-9-17(19)26-2)12-18-20(23)22-21(24)29-18/h3-4,6-9,12-13H,5,10-11H2,1-2H3,(H,22,23,24)/b18-12-. The van der Waals surface area contributed by atoms with Crippen molar-refractivity contribution in [1.82, 2.24) is 5.32 Å². The second kappa shape index (κ2) is 9.88. The fourth-order valence-electron chi connectivity index (χ4n) is 2.64. The van der Waals surface area contributed by atoms with Crippen molar-refractivity contribution in [2.24, 2.45) is 0 Å². The molecule has 0 aromatic heterocycles. The molecule has 1 fully saturated rings. The van der Waals surface area contributed by atoms with Gasteiger partial charge in [0, 0.05) is 18.1 Å². The van der Waals surface area contributed by atoms with Crippen molar-refractivity contribution in [2.45, 2.75) is 6.42 Å². The van der Waals surface area contributed by atoms with E-state index in [-0.39, 0.29) is 5.24 Å². The van der Waals surface area contributed by atoms with Gasteiger partial charge in [-0.1, -0.05) is 18.2 Å². The van der Waals surface area contributed by atoms with Crippen LogP contribution in [0.5, 0.6) is 23.0 Å². The number of amides is 2. The predicted octanol–water partition coefficient (Wildman–Crippen LogP) is 3.88. The molecule has 1 heterocycles. The molecule has 152 valence electrons. The third-order valence-electron chi connectivity index (χ3n) is 4.00. The van der Waals surface area contributed by atoms with Gasteiger partial charge in [0.05, 0.1) is 32.3 Å². The summed E-state index contributed by atoms with van der Waals surface area (Å²) >= 11 is 0.858. The monoisotopic (exact) mass is 415 g/mol. The van der Waals surface area contributed by atoms with Crippen LogP contribution in [0, 0.1) is 0 Å². The molecule has 0 unspecified atom stereocenters. The highest BCUT2D eigenvalue weighted by molar-refractivity contribution is 8.18. The zero-order valence-electron chi connectivity index (χ0n) is 16.1. The number of imide groups is 1. The fourth-order valence-corrected chi connectivity index (χ4v) is 3.31. The van der Waals surface area contributed by atoms with Gasteiger partial charge in [-0.3, -0.25) is 14.9 Å². The van der Waals surface area contributed by atoms with E-state index in [9.17, 15) is 9.59 Å². The Labute approximate surface area is 173 Å². The van der Waals surface area contributed by atoms with E-state index < -0.39 is 5.91 Å². The van der Waals surface area contributed by atoms with Gasteiger partial charge < -0.3 is 18.9 Å². The number of benzene rings is 2. The first-order valence-electron chi connectivity index (χ1n) is 8.92. The number of rotatable bonds is 9. The molecule has 1 N–H and O–H groups in total. The average Bonchev–Trinajstić information content (AvgIpc) is 3.05. The Morgan fingerprint density at radius 1 is 0.966 bits per heavy atom. The molecular weight excluding hydrogens is 394 g/mol. The average molecular weight is 415 g/mol. The molecule has 2 aromatic rings. The van der Waals surface area contributed by atoms with E-state index in [1.165, 1.54) is 0 Å². The Hall–Kier alpha value is -3.13. The summed E-state index contributed by atoms with van der Waals surface area (Å²) in [5, 5.41) is 1.85. The summed E-state index contributed by atoms with van der Waals surface area (Å²) in [4.78, 5) is 23.5. The summed E-state index contributed by atoms with van der Waals surface area (Å²) < 4.78 is 22.2. The summed E-state index contributed by atoms with van der Waals surface area (Å²) in [5.41, 5.74) is 0.658. The number of hydrogen-bond acceptors (Lipinski definition) is 7. The van der Waals surface area contributed by atoms with Crippen molar-refractivity contribution in [3.05, 3.63) is 52.9 Å². The molecule has 1 aliphatic rings.